The Labute approximate surface area is 172 Å². The van der Waals surface area contributed by atoms with E-state index >= 15 is 0 Å². The molecule has 0 bridgehead atoms. The molecule has 1 saturated heterocycles. The summed E-state index contributed by atoms with van der Waals surface area (Å²) in [6.45, 7) is -0.110. The molecule has 1 heterocycles. The van der Waals surface area contributed by atoms with Crippen LogP contribution >= 0.6 is 0 Å². The Morgan fingerprint density at radius 2 is 1.53 bits per heavy atom. The van der Waals surface area contributed by atoms with Gasteiger partial charge in [-0.25, -0.2) is 4.79 Å². The number of hydrogen-bond acceptors (Lipinski definition) is 3. The molecule has 1 fully saturated rings. The lowest BCUT2D eigenvalue weighted by Gasteiger charge is -2.18. The van der Waals surface area contributed by atoms with Crippen LogP contribution in [0.4, 0.5) is 29.3 Å². The molecular formula is C21H22F3N3O3. The number of halogens is 3. The third kappa shape index (κ3) is 6.21. The molecule has 160 valence electrons. The molecular weight excluding hydrogens is 399 g/mol. The number of likely N-dealkylation sites (tertiary alicyclic amines) is 1. The van der Waals surface area contributed by atoms with E-state index in [1.807, 2.05) is 0 Å². The van der Waals surface area contributed by atoms with Crippen LogP contribution in [0, 0.1) is 0 Å². The van der Waals surface area contributed by atoms with Crippen molar-refractivity contribution in [1.29, 1.82) is 0 Å². The van der Waals surface area contributed by atoms with Gasteiger partial charge in [-0.3, -0.25) is 4.79 Å². The molecule has 1 aliphatic heterocycles. The summed E-state index contributed by atoms with van der Waals surface area (Å²) in [7, 11) is 0. The minimum Gasteiger partial charge on any atom is -0.367 e. The average molecular weight is 421 g/mol. The molecule has 0 spiro atoms. The summed E-state index contributed by atoms with van der Waals surface area (Å²) < 4.78 is 41.0. The minimum absolute atomic E-state index is 0.202. The van der Waals surface area contributed by atoms with Gasteiger partial charge in [-0.15, -0.1) is 0 Å². The fourth-order valence-electron chi connectivity index (χ4n) is 3.05. The molecule has 0 atom stereocenters. The second-order valence-electron chi connectivity index (χ2n) is 6.93. The average Bonchev–Trinajstić information content (AvgIpc) is 3.24. The quantitative estimate of drug-likeness (QED) is 0.714. The van der Waals surface area contributed by atoms with Gasteiger partial charge in [0, 0.05) is 18.7 Å². The van der Waals surface area contributed by atoms with Crippen LogP contribution < -0.4 is 10.6 Å². The van der Waals surface area contributed by atoms with E-state index in [9.17, 15) is 22.8 Å². The molecule has 0 unspecified atom stereocenters. The van der Waals surface area contributed by atoms with Crippen LogP contribution in [0.2, 0.25) is 0 Å². The van der Waals surface area contributed by atoms with Crippen molar-refractivity contribution < 1.29 is 27.5 Å². The van der Waals surface area contributed by atoms with E-state index in [0.717, 1.165) is 12.8 Å². The van der Waals surface area contributed by atoms with E-state index in [1.165, 1.54) is 24.3 Å². The van der Waals surface area contributed by atoms with Gasteiger partial charge in [-0.2, -0.15) is 13.2 Å². The van der Waals surface area contributed by atoms with Crippen LogP contribution in [-0.2, 0) is 11.3 Å². The van der Waals surface area contributed by atoms with Crippen LogP contribution in [0.5, 0.6) is 0 Å². The number of amides is 3. The van der Waals surface area contributed by atoms with E-state index in [4.69, 9.17) is 0 Å². The van der Waals surface area contributed by atoms with Crippen molar-refractivity contribution in [2.24, 2.45) is 0 Å². The van der Waals surface area contributed by atoms with Crippen molar-refractivity contribution in [3.63, 3.8) is 0 Å². The van der Waals surface area contributed by atoms with Crippen LogP contribution in [0.15, 0.2) is 48.5 Å². The zero-order valence-corrected chi connectivity index (χ0v) is 16.2. The number of carbonyl (C=O) groups excluding carboxylic acids is 2. The van der Waals surface area contributed by atoms with E-state index in [-0.39, 0.29) is 12.6 Å². The second-order valence-corrected chi connectivity index (χ2v) is 6.93. The molecule has 0 aromatic heterocycles. The van der Waals surface area contributed by atoms with Crippen molar-refractivity contribution >= 4 is 23.3 Å². The van der Waals surface area contributed by atoms with Gasteiger partial charge in [0.1, 0.15) is 6.61 Å². The number of anilines is 2. The van der Waals surface area contributed by atoms with Gasteiger partial charge in [0.15, 0.2) is 0 Å². The molecule has 3 rings (SSSR count). The number of nitrogens with one attached hydrogen (secondary N) is 2. The highest BCUT2D eigenvalue weighted by molar-refractivity contribution is 6.07. The molecule has 6 nitrogen and oxygen atoms in total. The number of rotatable bonds is 6. The first-order valence-electron chi connectivity index (χ1n) is 9.51. The number of carbonyl (C=O) groups is 2. The Morgan fingerprint density at radius 1 is 0.933 bits per heavy atom. The third-order valence-electron chi connectivity index (χ3n) is 4.56. The summed E-state index contributed by atoms with van der Waals surface area (Å²) in [6, 6.07) is 12.7. The molecule has 3 amide bonds. The monoisotopic (exact) mass is 421 g/mol. The lowest BCUT2D eigenvalue weighted by Crippen LogP contribution is -2.32. The lowest BCUT2D eigenvalue weighted by molar-refractivity contribution is -0.176. The Hall–Kier alpha value is -3.07. The van der Waals surface area contributed by atoms with Crippen molar-refractivity contribution in [3.8, 4) is 0 Å². The molecule has 1 aliphatic rings. The summed E-state index contributed by atoms with van der Waals surface area (Å²) in [5.41, 5.74) is 1.79. The third-order valence-corrected chi connectivity index (χ3v) is 4.56. The maximum absolute atomic E-state index is 12.6. The number of alkyl halides is 3. The first-order chi connectivity index (χ1) is 14.3. The Bertz CT molecular complexity index is 879. The fraction of sp³-hybridized carbons (Fsp3) is 0.333. The largest absolute Gasteiger partial charge is 0.411 e. The van der Waals surface area contributed by atoms with Gasteiger partial charge in [-0.1, -0.05) is 24.3 Å². The van der Waals surface area contributed by atoms with E-state index in [0.29, 0.717) is 35.6 Å². The van der Waals surface area contributed by atoms with Crippen LogP contribution in [-0.4, -0.2) is 42.7 Å². The predicted molar refractivity (Wildman–Crippen MR) is 106 cm³/mol. The number of ether oxygens (including phenoxy) is 1. The fourth-order valence-corrected chi connectivity index (χ4v) is 3.05. The number of benzene rings is 2. The van der Waals surface area contributed by atoms with E-state index in [1.54, 1.807) is 29.2 Å². The summed E-state index contributed by atoms with van der Waals surface area (Å²) in [5, 5.41) is 5.57. The van der Waals surface area contributed by atoms with E-state index in [2.05, 4.69) is 15.4 Å². The standard InChI is InChI=1S/C21H22F3N3O3/c22-21(23,24)14-30-13-15-7-9-16(10-8-15)19(28)25-17-5-1-2-6-18(17)26-20(29)27-11-3-4-12-27/h1-2,5-10H,3-4,11-14H2,(H,25,28)(H,26,29). The summed E-state index contributed by atoms with van der Waals surface area (Å²) in [4.78, 5) is 26.6. The Kier molecular flexibility index (Phi) is 6.94. The highest BCUT2D eigenvalue weighted by Crippen LogP contribution is 2.23. The zero-order valence-electron chi connectivity index (χ0n) is 16.2. The number of para-hydroxylation sites is 2. The maximum Gasteiger partial charge on any atom is 0.411 e. The van der Waals surface area contributed by atoms with Gasteiger partial charge in [0.25, 0.3) is 5.91 Å². The lowest BCUT2D eigenvalue weighted by atomic mass is 10.1. The van der Waals surface area contributed by atoms with Gasteiger partial charge in [0.05, 0.1) is 18.0 Å². The highest BCUT2D eigenvalue weighted by atomic mass is 19.4. The van der Waals surface area contributed by atoms with Gasteiger partial charge in [-0.05, 0) is 42.7 Å². The number of hydrogen-bond donors (Lipinski definition) is 2. The molecule has 9 heteroatoms. The van der Waals surface area contributed by atoms with Crippen LogP contribution in [0.1, 0.15) is 28.8 Å². The van der Waals surface area contributed by atoms with Crippen molar-refractivity contribution in [3.05, 3.63) is 59.7 Å². The van der Waals surface area contributed by atoms with Gasteiger partial charge < -0.3 is 20.3 Å². The normalized spacial score (nSPS) is 13.9. The molecule has 0 aliphatic carbocycles. The minimum atomic E-state index is -4.38. The molecule has 30 heavy (non-hydrogen) atoms. The van der Waals surface area contributed by atoms with Crippen molar-refractivity contribution in [2.75, 3.05) is 30.3 Å². The van der Waals surface area contributed by atoms with Crippen molar-refractivity contribution in [1.82, 2.24) is 4.90 Å². The topological polar surface area (TPSA) is 70.7 Å². The molecule has 0 radical (unpaired) electrons. The van der Waals surface area contributed by atoms with Crippen molar-refractivity contribution in [2.45, 2.75) is 25.6 Å². The summed E-state index contributed by atoms with van der Waals surface area (Å²) in [6.07, 6.45) is -2.43. The maximum atomic E-state index is 12.6. The molecule has 2 N–H and O–H groups in total. The number of urea groups is 1. The Morgan fingerprint density at radius 3 is 2.13 bits per heavy atom. The van der Waals surface area contributed by atoms with Crippen LogP contribution in [0.3, 0.4) is 0 Å². The zero-order chi connectivity index (χ0) is 21.6. The van der Waals surface area contributed by atoms with E-state index < -0.39 is 18.7 Å². The molecule has 2 aromatic rings. The van der Waals surface area contributed by atoms with Crippen LogP contribution in [0.25, 0.3) is 0 Å². The first kappa shape index (κ1) is 21.6. The Balaban J connectivity index is 1.60. The SMILES string of the molecule is O=C(Nc1ccccc1NC(=O)N1CCCC1)c1ccc(COCC(F)(F)F)cc1. The second kappa shape index (κ2) is 9.62. The summed E-state index contributed by atoms with van der Waals surface area (Å²) >= 11 is 0. The first-order valence-corrected chi connectivity index (χ1v) is 9.51. The summed E-state index contributed by atoms with van der Waals surface area (Å²) in [5.74, 6) is -0.402. The number of nitrogens with zero attached hydrogens (tertiary/aromatic N) is 1. The van der Waals surface area contributed by atoms with Gasteiger partial charge >= 0.3 is 12.2 Å². The highest BCUT2D eigenvalue weighted by Gasteiger charge is 2.27. The van der Waals surface area contributed by atoms with Gasteiger partial charge in [0.2, 0.25) is 0 Å². The molecule has 2 aromatic carbocycles. The molecule has 0 saturated carbocycles. The predicted octanol–water partition coefficient (Wildman–Crippen LogP) is 4.65. The smallest absolute Gasteiger partial charge is 0.367 e.